The standard InChI is InChI=1S/C6H4BrF2IN2O2S/c7-3-1-2(4(8)9)6(12-5(3)10)15(11,13)14/h1,4H,(H2,11,13,14). The Morgan fingerprint density at radius 2 is 2.07 bits per heavy atom. The zero-order valence-corrected chi connectivity index (χ0v) is 11.5. The quantitative estimate of drug-likeness (QED) is 0.596. The van der Waals surface area contributed by atoms with E-state index in [2.05, 4.69) is 20.9 Å². The lowest BCUT2D eigenvalue weighted by Gasteiger charge is -2.07. The summed E-state index contributed by atoms with van der Waals surface area (Å²) in [5.74, 6) is 0. The topological polar surface area (TPSA) is 73.1 Å². The van der Waals surface area contributed by atoms with Crippen LogP contribution in [0.25, 0.3) is 0 Å². The maximum absolute atomic E-state index is 12.5. The van der Waals surface area contributed by atoms with Crippen molar-refractivity contribution in [1.29, 1.82) is 0 Å². The van der Waals surface area contributed by atoms with Crippen molar-refractivity contribution >= 4 is 48.5 Å². The Hall–Kier alpha value is 0.130. The molecule has 84 valence electrons. The van der Waals surface area contributed by atoms with Crippen LogP contribution in [0.4, 0.5) is 8.78 Å². The minimum Gasteiger partial charge on any atom is -0.227 e. The lowest BCUT2D eigenvalue weighted by molar-refractivity contribution is 0.147. The summed E-state index contributed by atoms with van der Waals surface area (Å²) in [7, 11) is -4.23. The first kappa shape index (κ1) is 13.2. The average molecular weight is 413 g/mol. The number of alkyl halides is 2. The molecule has 1 aromatic rings. The maximum atomic E-state index is 12.5. The van der Waals surface area contributed by atoms with Crippen LogP contribution in [-0.4, -0.2) is 13.4 Å². The van der Waals surface area contributed by atoms with Gasteiger partial charge in [0.1, 0.15) is 3.70 Å². The minimum atomic E-state index is -4.23. The summed E-state index contributed by atoms with van der Waals surface area (Å²) in [4.78, 5) is 3.51. The van der Waals surface area contributed by atoms with Crippen molar-refractivity contribution in [3.8, 4) is 0 Å². The fourth-order valence-electron chi connectivity index (χ4n) is 0.849. The van der Waals surface area contributed by atoms with Gasteiger partial charge in [0.25, 0.3) is 16.4 Å². The molecule has 0 aliphatic heterocycles. The first-order valence-electron chi connectivity index (χ1n) is 3.40. The predicted octanol–water partition coefficient (Wildman–Crippen LogP) is 2.03. The Kier molecular flexibility index (Phi) is 4.01. The molecule has 2 N–H and O–H groups in total. The largest absolute Gasteiger partial charge is 0.266 e. The normalized spacial score (nSPS) is 12.1. The number of rotatable bonds is 2. The zero-order valence-electron chi connectivity index (χ0n) is 6.92. The average Bonchev–Trinajstić information content (AvgIpc) is 2.06. The van der Waals surface area contributed by atoms with Gasteiger partial charge in [-0.3, -0.25) is 0 Å². The summed E-state index contributed by atoms with van der Waals surface area (Å²) in [6.45, 7) is 0. The van der Waals surface area contributed by atoms with Gasteiger partial charge in [-0.1, -0.05) is 0 Å². The Labute approximate surface area is 107 Å². The number of hydrogen-bond acceptors (Lipinski definition) is 3. The second kappa shape index (κ2) is 4.55. The molecule has 4 nitrogen and oxygen atoms in total. The second-order valence-electron chi connectivity index (χ2n) is 2.50. The van der Waals surface area contributed by atoms with Crippen LogP contribution in [0, 0.1) is 3.70 Å². The molecule has 0 bridgehead atoms. The Balaban J connectivity index is 3.56. The lowest BCUT2D eigenvalue weighted by Crippen LogP contribution is -2.17. The number of pyridine rings is 1. The summed E-state index contributed by atoms with van der Waals surface area (Å²) < 4.78 is 47.5. The predicted molar refractivity (Wildman–Crippen MR) is 61.0 cm³/mol. The van der Waals surface area contributed by atoms with Crippen LogP contribution in [0.5, 0.6) is 0 Å². The van der Waals surface area contributed by atoms with Gasteiger partial charge in [-0.15, -0.1) is 0 Å². The first-order chi connectivity index (χ1) is 6.73. The van der Waals surface area contributed by atoms with E-state index in [-0.39, 0.29) is 3.70 Å². The van der Waals surface area contributed by atoms with Crippen molar-refractivity contribution in [3.63, 3.8) is 0 Å². The van der Waals surface area contributed by atoms with Crippen molar-refractivity contribution in [3.05, 3.63) is 19.8 Å². The van der Waals surface area contributed by atoms with Crippen LogP contribution in [0.15, 0.2) is 15.6 Å². The number of sulfonamides is 1. The molecule has 0 saturated carbocycles. The molecule has 9 heteroatoms. The highest BCUT2D eigenvalue weighted by atomic mass is 127. The Morgan fingerprint density at radius 1 is 1.53 bits per heavy atom. The van der Waals surface area contributed by atoms with Gasteiger partial charge in [-0.25, -0.2) is 27.3 Å². The van der Waals surface area contributed by atoms with Crippen LogP contribution < -0.4 is 5.14 Å². The number of nitrogens with zero attached hydrogens (tertiary/aromatic N) is 1. The van der Waals surface area contributed by atoms with Crippen LogP contribution >= 0.6 is 38.5 Å². The van der Waals surface area contributed by atoms with E-state index in [4.69, 9.17) is 5.14 Å². The van der Waals surface area contributed by atoms with Crippen LogP contribution in [0.1, 0.15) is 12.0 Å². The molecule has 0 atom stereocenters. The number of halogens is 4. The molecule has 0 radical (unpaired) electrons. The van der Waals surface area contributed by atoms with E-state index in [1.807, 2.05) is 0 Å². The molecule has 1 aromatic heterocycles. The smallest absolute Gasteiger partial charge is 0.227 e. The van der Waals surface area contributed by atoms with Crippen molar-refractivity contribution < 1.29 is 17.2 Å². The molecule has 1 heterocycles. The van der Waals surface area contributed by atoms with Gasteiger partial charge in [-0.2, -0.15) is 0 Å². The third-order valence-electron chi connectivity index (χ3n) is 1.43. The number of nitrogens with two attached hydrogens (primary N) is 1. The van der Waals surface area contributed by atoms with Gasteiger partial charge in [0.2, 0.25) is 0 Å². The number of primary sulfonamides is 1. The summed E-state index contributed by atoms with van der Waals surface area (Å²) in [5, 5.41) is 3.99. The monoisotopic (exact) mass is 412 g/mol. The fraction of sp³-hybridized carbons (Fsp3) is 0.167. The molecule has 0 unspecified atom stereocenters. The summed E-state index contributed by atoms with van der Waals surface area (Å²) in [6, 6.07) is 0.999. The van der Waals surface area contributed by atoms with E-state index < -0.39 is 27.0 Å². The summed E-state index contributed by atoms with van der Waals surface area (Å²) >= 11 is 4.68. The molecule has 0 aliphatic carbocycles. The van der Waals surface area contributed by atoms with Gasteiger partial charge in [0.15, 0.2) is 5.03 Å². The fourth-order valence-corrected chi connectivity index (χ4v) is 2.44. The highest BCUT2D eigenvalue weighted by Crippen LogP contribution is 2.29. The summed E-state index contributed by atoms with van der Waals surface area (Å²) in [6.07, 6.45) is -2.95. The van der Waals surface area contributed by atoms with Gasteiger partial charge < -0.3 is 0 Å². The number of aromatic nitrogens is 1. The van der Waals surface area contributed by atoms with Crippen LogP contribution in [0.3, 0.4) is 0 Å². The third kappa shape index (κ3) is 3.04. The highest BCUT2D eigenvalue weighted by molar-refractivity contribution is 14.1. The molecular weight excluding hydrogens is 409 g/mol. The van der Waals surface area contributed by atoms with Crippen molar-refractivity contribution in [2.24, 2.45) is 5.14 Å². The number of hydrogen-bond donors (Lipinski definition) is 1. The first-order valence-corrected chi connectivity index (χ1v) is 6.82. The second-order valence-corrected chi connectivity index (χ2v) is 5.85. The molecule has 0 spiro atoms. The van der Waals surface area contributed by atoms with E-state index >= 15 is 0 Å². The molecule has 0 fully saturated rings. The van der Waals surface area contributed by atoms with E-state index in [0.717, 1.165) is 6.07 Å². The molecule has 0 amide bonds. The molecule has 0 aromatic carbocycles. The van der Waals surface area contributed by atoms with Gasteiger partial charge in [0.05, 0.1) is 10.0 Å². The SMILES string of the molecule is NS(=O)(=O)c1nc(I)c(Br)cc1C(F)F. The molecule has 15 heavy (non-hydrogen) atoms. The van der Waals surface area contributed by atoms with Gasteiger partial charge >= 0.3 is 0 Å². The molecular formula is C6H4BrF2IN2O2S. The van der Waals surface area contributed by atoms with Crippen molar-refractivity contribution in [1.82, 2.24) is 4.98 Å². The Bertz CT molecular complexity index is 494. The minimum absolute atomic E-state index is 0.251. The third-order valence-corrected chi connectivity index (χ3v) is 4.46. The molecule has 0 saturated heterocycles. The lowest BCUT2D eigenvalue weighted by atomic mass is 10.3. The summed E-state index contributed by atoms with van der Waals surface area (Å²) in [5.41, 5.74) is -0.704. The van der Waals surface area contributed by atoms with Crippen LogP contribution in [0.2, 0.25) is 0 Å². The van der Waals surface area contributed by atoms with E-state index in [0.29, 0.717) is 4.47 Å². The van der Waals surface area contributed by atoms with Crippen LogP contribution in [-0.2, 0) is 10.0 Å². The van der Waals surface area contributed by atoms with Crippen molar-refractivity contribution in [2.75, 3.05) is 0 Å². The van der Waals surface area contributed by atoms with Gasteiger partial charge in [0, 0.05) is 0 Å². The van der Waals surface area contributed by atoms with E-state index in [9.17, 15) is 17.2 Å². The zero-order chi connectivity index (χ0) is 11.8. The maximum Gasteiger partial charge on any atom is 0.266 e. The molecule has 0 aliphatic rings. The highest BCUT2D eigenvalue weighted by Gasteiger charge is 2.23. The van der Waals surface area contributed by atoms with Crippen molar-refractivity contribution in [2.45, 2.75) is 11.5 Å². The van der Waals surface area contributed by atoms with Gasteiger partial charge in [-0.05, 0) is 44.6 Å². The Morgan fingerprint density at radius 3 is 2.47 bits per heavy atom. The van der Waals surface area contributed by atoms with E-state index in [1.54, 1.807) is 22.6 Å². The van der Waals surface area contributed by atoms with E-state index in [1.165, 1.54) is 0 Å². The molecule has 1 rings (SSSR count).